The van der Waals surface area contributed by atoms with Gasteiger partial charge in [-0.3, -0.25) is 0 Å². The number of hydrogen-bond donors (Lipinski definition) is 1. The van der Waals surface area contributed by atoms with Gasteiger partial charge in [-0.15, -0.1) is 11.3 Å². The first kappa shape index (κ1) is 13.7. The van der Waals surface area contributed by atoms with Crippen molar-refractivity contribution in [1.82, 2.24) is 9.97 Å². The summed E-state index contributed by atoms with van der Waals surface area (Å²) >= 11 is 1.42. The quantitative estimate of drug-likeness (QED) is 0.875. The van der Waals surface area contributed by atoms with Crippen LogP contribution in [0.4, 0.5) is 5.82 Å². The third-order valence-electron chi connectivity index (χ3n) is 2.36. The van der Waals surface area contributed by atoms with Gasteiger partial charge in [0.15, 0.2) is 0 Å². The summed E-state index contributed by atoms with van der Waals surface area (Å²) in [5.41, 5.74) is 0.379. The van der Waals surface area contributed by atoms with E-state index in [9.17, 15) is 4.79 Å². The van der Waals surface area contributed by atoms with E-state index < -0.39 is 0 Å². The molecule has 0 amide bonds. The van der Waals surface area contributed by atoms with Gasteiger partial charge in [0, 0.05) is 10.9 Å². The molecule has 19 heavy (non-hydrogen) atoms. The van der Waals surface area contributed by atoms with Gasteiger partial charge in [-0.25, -0.2) is 14.8 Å². The number of nitrogens with one attached hydrogen (secondary N) is 1. The lowest BCUT2D eigenvalue weighted by Gasteiger charge is -2.21. The van der Waals surface area contributed by atoms with Gasteiger partial charge in [0.05, 0.1) is 17.6 Å². The highest BCUT2D eigenvalue weighted by molar-refractivity contribution is 7.17. The van der Waals surface area contributed by atoms with Crippen molar-refractivity contribution in [2.45, 2.75) is 33.2 Å². The fourth-order valence-electron chi connectivity index (χ4n) is 1.68. The maximum absolute atomic E-state index is 11.9. The minimum atomic E-state index is -0.333. The average molecular weight is 279 g/mol. The molecule has 102 valence electrons. The number of nitrogens with zero attached hydrogens (tertiary/aromatic N) is 2. The number of anilines is 1. The van der Waals surface area contributed by atoms with Crippen molar-refractivity contribution < 1.29 is 9.53 Å². The molecule has 0 saturated carbocycles. The Kier molecular flexibility index (Phi) is 3.71. The number of carbonyl (C=O) groups is 1. The van der Waals surface area contributed by atoms with Crippen LogP contribution in [0, 0.1) is 0 Å². The predicted octanol–water partition coefficient (Wildman–Crippen LogP) is 3.08. The number of thiophene rings is 1. The summed E-state index contributed by atoms with van der Waals surface area (Å²) in [6.45, 7) is 8.26. The lowest BCUT2D eigenvalue weighted by atomic mass is 10.1. The van der Waals surface area contributed by atoms with Crippen molar-refractivity contribution in [1.29, 1.82) is 0 Å². The Balaban J connectivity index is 2.52. The summed E-state index contributed by atoms with van der Waals surface area (Å²) in [5.74, 6) is 0.335. The second kappa shape index (κ2) is 5.13. The molecule has 0 radical (unpaired) electrons. The third-order valence-corrected chi connectivity index (χ3v) is 3.25. The minimum absolute atomic E-state index is 0.144. The Morgan fingerprint density at radius 3 is 2.79 bits per heavy atom. The van der Waals surface area contributed by atoms with E-state index in [1.54, 1.807) is 12.3 Å². The maximum atomic E-state index is 11.9. The van der Waals surface area contributed by atoms with Crippen molar-refractivity contribution >= 4 is 33.3 Å². The summed E-state index contributed by atoms with van der Waals surface area (Å²) in [7, 11) is 0. The SMILES string of the molecule is CCOC(=O)c1csc2ncnc(NC(C)(C)C)c12. The number of hydrogen-bond acceptors (Lipinski definition) is 6. The Bertz CT molecular complexity index is 601. The molecule has 0 fully saturated rings. The van der Waals surface area contributed by atoms with E-state index in [1.807, 2.05) is 20.8 Å². The Labute approximate surface area is 116 Å². The summed E-state index contributed by atoms with van der Waals surface area (Å²) in [5, 5.41) is 5.80. The molecule has 0 aromatic carbocycles. The standard InChI is InChI=1S/C13H17N3O2S/c1-5-18-12(17)8-6-19-11-9(8)10(14-7-15-11)16-13(2,3)4/h6-7H,5H2,1-4H3,(H,14,15,16). The summed E-state index contributed by atoms with van der Waals surface area (Å²) < 4.78 is 5.06. The fourth-order valence-corrected chi connectivity index (χ4v) is 2.56. The molecule has 2 aromatic rings. The van der Waals surface area contributed by atoms with Crippen LogP contribution in [-0.4, -0.2) is 28.1 Å². The zero-order chi connectivity index (χ0) is 14.0. The maximum Gasteiger partial charge on any atom is 0.339 e. The van der Waals surface area contributed by atoms with Gasteiger partial charge in [-0.1, -0.05) is 0 Å². The van der Waals surface area contributed by atoms with E-state index in [0.29, 0.717) is 18.0 Å². The molecule has 0 bridgehead atoms. The lowest BCUT2D eigenvalue weighted by Crippen LogP contribution is -2.27. The van der Waals surface area contributed by atoms with E-state index in [1.165, 1.54) is 17.7 Å². The molecular formula is C13H17N3O2S. The number of ether oxygens (including phenoxy) is 1. The van der Waals surface area contributed by atoms with Gasteiger partial charge in [-0.2, -0.15) is 0 Å². The second-order valence-electron chi connectivity index (χ2n) is 5.15. The first-order chi connectivity index (χ1) is 8.92. The molecule has 5 nitrogen and oxygen atoms in total. The van der Waals surface area contributed by atoms with Gasteiger partial charge < -0.3 is 10.1 Å². The van der Waals surface area contributed by atoms with Crippen LogP contribution in [0.1, 0.15) is 38.1 Å². The Morgan fingerprint density at radius 1 is 1.42 bits per heavy atom. The Hall–Kier alpha value is -1.69. The first-order valence-electron chi connectivity index (χ1n) is 6.10. The van der Waals surface area contributed by atoms with Crippen LogP contribution in [0.5, 0.6) is 0 Å². The van der Waals surface area contributed by atoms with Crippen molar-refractivity contribution in [2.24, 2.45) is 0 Å². The van der Waals surface area contributed by atoms with Crippen LogP contribution in [-0.2, 0) is 4.74 Å². The highest BCUT2D eigenvalue weighted by atomic mass is 32.1. The summed E-state index contributed by atoms with van der Waals surface area (Å²) in [6, 6.07) is 0. The molecule has 2 aromatic heterocycles. The molecule has 0 spiro atoms. The van der Waals surface area contributed by atoms with Gasteiger partial charge in [-0.05, 0) is 27.7 Å². The molecule has 0 unspecified atom stereocenters. The molecule has 0 aliphatic carbocycles. The van der Waals surface area contributed by atoms with Crippen LogP contribution in [0.15, 0.2) is 11.7 Å². The van der Waals surface area contributed by atoms with E-state index in [-0.39, 0.29) is 11.5 Å². The largest absolute Gasteiger partial charge is 0.462 e. The first-order valence-corrected chi connectivity index (χ1v) is 6.98. The predicted molar refractivity (Wildman–Crippen MR) is 76.7 cm³/mol. The van der Waals surface area contributed by atoms with Crippen molar-refractivity contribution in [2.75, 3.05) is 11.9 Å². The highest BCUT2D eigenvalue weighted by Gasteiger charge is 2.20. The van der Waals surface area contributed by atoms with Gasteiger partial charge >= 0.3 is 5.97 Å². The summed E-state index contributed by atoms with van der Waals surface area (Å²) in [4.78, 5) is 21.2. The number of fused-ring (bicyclic) bond motifs is 1. The van der Waals surface area contributed by atoms with E-state index in [4.69, 9.17) is 4.74 Å². The molecule has 6 heteroatoms. The summed E-state index contributed by atoms with van der Waals surface area (Å²) in [6.07, 6.45) is 1.50. The van der Waals surface area contributed by atoms with Crippen molar-refractivity contribution in [3.05, 3.63) is 17.3 Å². The van der Waals surface area contributed by atoms with Crippen LogP contribution in [0.3, 0.4) is 0 Å². The van der Waals surface area contributed by atoms with E-state index in [0.717, 1.165) is 10.2 Å². The monoisotopic (exact) mass is 279 g/mol. The number of rotatable bonds is 3. The van der Waals surface area contributed by atoms with Crippen LogP contribution >= 0.6 is 11.3 Å². The zero-order valence-corrected chi connectivity index (χ0v) is 12.3. The highest BCUT2D eigenvalue weighted by Crippen LogP contribution is 2.31. The van der Waals surface area contributed by atoms with Gasteiger partial charge in [0.25, 0.3) is 0 Å². The third kappa shape index (κ3) is 3.01. The van der Waals surface area contributed by atoms with Crippen molar-refractivity contribution in [3.63, 3.8) is 0 Å². The van der Waals surface area contributed by atoms with E-state index >= 15 is 0 Å². The van der Waals surface area contributed by atoms with Gasteiger partial charge in [0.2, 0.25) is 0 Å². The molecule has 0 atom stereocenters. The zero-order valence-electron chi connectivity index (χ0n) is 11.5. The average Bonchev–Trinajstić information content (AvgIpc) is 2.72. The molecule has 0 saturated heterocycles. The second-order valence-corrected chi connectivity index (χ2v) is 6.01. The molecule has 2 rings (SSSR count). The minimum Gasteiger partial charge on any atom is -0.462 e. The van der Waals surface area contributed by atoms with Crippen LogP contribution in [0.25, 0.3) is 10.2 Å². The lowest BCUT2D eigenvalue weighted by molar-refractivity contribution is 0.0529. The molecular weight excluding hydrogens is 262 g/mol. The number of aromatic nitrogens is 2. The smallest absolute Gasteiger partial charge is 0.339 e. The number of carbonyl (C=O) groups excluding carboxylic acids is 1. The molecule has 2 heterocycles. The number of esters is 1. The fraction of sp³-hybridized carbons (Fsp3) is 0.462. The molecule has 1 N–H and O–H groups in total. The topological polar surface area (TPSA) is 64.1 Å². The van der Waals surface area contributed by atoms with Crippen LogP contribution in [0.2, 0.25) is 0 Å². The normalized spacial score (nSPS) is 11.6. The van der Waals surface area contributed by atoms with E-state index in [2.05, 4.69) is 15.3 Å². The van der Waals surface area contributed by atoms with Gasteiger partial charge in [0.1, 0.15) is 17.0 Å². The molecule has 0 aliphatic heterocycles. The van der Waals surface area contributed by atoms with Crippen molar-refractivity contribution in [3.8, 4) is 0 Å². The molecule has 0 aliphatic rings. The Morgan fingerprint density at radius 2 is 2.16 bits per heavy atom. The van der Waals surface area contributed by atoms with Crippen LogP contribution < -0.4 is 5.32 Å².